The highest BCUT2D eigenvalue weighted by Gasteiger charge is 2.36. The lowest BCUT2D eigenvalue weighted by atomic mass is 9.92. The first-order valence-electron chi connectivity index (χ1n) is 14.0. The first-order valence-corrected chi connectivity index (χ1v) is 14.0. The van der Waals surface area contributed by atoms with Gasteiger partial charge in [0.2, 0.25) is 0 Å². The molecule has 2 N–H and O–H groups in total. The summed E-state index contributed by atoms with van der Waals surface area (Å²) in [5.74, 6) is 1.53. The summed E-state index contributed by atoms with van der Waals surface area (Å²) < 4.78 is 37.4. The number of pyridine rings is 1. The van der Waals surface area contributed by atoms with Crippen molar-refractivity contribution in [2.45, 2.75) is 43.8 Å². The zero-order valence-electron chi connectivity index (χ0n) is 22.7. The minimum Gasteiger partial charge on any atom is -0.508 e. The van der Waals surface area contributed by atoms with Crippen LogP contribution >= 0.6 is 0 Å². The van der Waals surface area contributed by atoms with Crippen LogP contribution in [0.25, 0.3) is 32.9 Å². The molecule has 4 saturated heterocycles. The second-order valence-electron chi connectivity index (χ2n) is 11.2. The molecule has 210 valence electrons. The molecule has 4 aliphatic rings. The first kappa shape index (κ1) is 25.9. The fourth-order valence-corrected chi connectivity index (χ4v) is 6.57. The molecule has 0 aliphatic carbocycles. The Morgan fingerprint density at radius 2 is 2.07 bits per heavy atom. The molecule has 4 fully saturated rings. The molecule has 0 radical (unpaired) electrons. The number of likely N-dealkylation sites (tertiary alicyclic amines) is 1. The van der Waals surface area contributed by atoms with Crippen LogP contribution in [-0.2, 0) is 0 Å². The highest BCUT2D eigenvalue weighted by atomic mass is 19.1. The fourth-order valence-electron chi connectivity index (χ4n) is 6.57. The van der Waals surface area contributed by atoms with Crippen molar-refractivity contribution in [3.05, 3.63) is 47.7 Å². The van der Waals surface area contributed by atoms with Gasteiger partial charge in [0.25, 0.3) is 0 Å². The van der Waals surface area contributed by atoms with E-state index < -0.39 is 11.6 Å². The summed E-state index contributed by atoms with van der Waals surface area (Å²) in [7, 11) is 2.07. The van der Waals surface area contributed by atoms with Crippen molar-refractivity contribution in [2.24, 2.45) is 0 Å². The number of aromatic nitrogens is 3. The number of likely N-dealkylation sites (N-methyl/N-ethyl adjacent to an activating group) is 1. The summed E-state index contributed by atoms with van der Waals surface area (Å²) in [6.07, 6.45) is 11.4. The zero-order chi connectivity index (χ0) is 28.2. The molecule has 2 aromatic heterocycles. The number of hydrogen-bond donors (Lipinski definition) is 2. The normalized spacial score (nSPS) is 22.5. The summed E-state index contributed by atoms with van der Waals surface area (Å²) in [6.45, 7) is 2.97. The third-order valence-corrected chi connectivity index (χ3v) is 8.79. The Labute approximate surface area is 236 Å². The Morgan fingerprint density at radius 1 is 1.20 bits per heavy atom. The van der Waals surface area contributed by atoms with Crippen molar-refractivity contribution in [1.29, 1.82) is 0 Å². The average molecular weight is 557 g/mol. The van der Waals surface area contributed by atoms with E-state index in [2.05, 4.69) is 38.1 Å². The molecule has 10 heteroatoms. The summed E-state index contributed by atoms with van der Waals surface area (Å²) in [4.78, 5) is 18.3. The largest absolute Gasteiger partial charge is 0.508 e. The number of phenols is 1. The van der Waals surface area contributed by atoms with Gasteiger partial charge in [0.1, 0.15) is 35.2 Å². The number of halogens is 2. The van der Waals surface area contributed by atoms with Crippen LogP contribution in [0.15, 0.2) is 30.5 Å². The van der Waals surface area contributed by atoms with E-state index in [1.165, 1.54) is 24.3 Å². The summed E-state index contributed by atoms with van der Waals surface area (Å²) in [5, 5.41) is 15.3. The maximum atomic E-state index is 16.6. The molecule has 8 rings (SSSR count). The van der Waals surface area contributed by atoms with Crippen molar-refractivity contribution in [1.82, 2.24) is 25.2 Å². The highest BCUT2D eigenvalue weighted by molar-refractivity contribution is 6.03. The van der Waals surface area contributed by atoms with Gasteiger partial charge in [-0.2, -0.15) is 9.97 Å². The summed E-state index contributed by atoms with van der Waals surface area (Å²) >= 11 is 0. The molecule has 3 atom stereocenters. The topological polar surface area (TPSA) is 86.6 Å². The minimum atomic E-state index is -0.714. The molecular formula is C31H30F2N6O2. The van der Waals surface area contributed by atoms with Gasteiger partial charge in [-0.05, 0) is 62.9 Å². The molecule has 8 nitrogen and oxygen atoms in total. The monoisotopic (exact) mass is 556 g/mol. The number of fused-ring (bicyclic) bond motifs is 5. The number of piperazine rings is 1. The Hall–Kier alpha value is -4.07. The number of terminal acetylenes is 1. The molecule has 41 heavy (non-hydrogen) atoms. The van der Waals surface area contributed by atoms with Crippen LogP contribution in [0, 0.1) is 24.0 Å². The molecule has 2 bridgehead atoms. The maximum Gasteiger partial charge on any atom is 0.319 e. The van der Waals surface area contributed by atoms with Crippen LogP contribution in [-0.4, -0.2) is 76.4 Å². The van der Waals surface area contributed by atoms with Gasteiger partial charge >= 0.3 is 6.01 Å². The molecule has 4 aromatic rings. The van der Waals surface area contributed by atoms with E-state index >= 15 is 4.39 Å². The fraction of sp³-hybridized carbons (Fsp3) is 0.387. The lowest BCUT2D eigenvalue weighted by Gasteiger charge is -2.46. The third kappa shape index (κ3) is 4.40. The van der Waals surface area contributed by atoms with E-state index in [-0.39, 0.29) is 46.2 Å². The lowest BCUT2D eigenvalue weighted by molar-refractivity contribution is 0.188. The number of phenolic OH excluding ortho intramolecular Hbond substituents is 1. The molecular weight excluding hydrogens is 526 g/mol. The van der Waals surface area contributed by atoms with Crippen molar-refractivity contribution in [3.8, 4) is 35.4 Å². The smallest absolute Gasteiger partial charge is 0.319 e. The molecule has 2 aromatic carbocycles. The van der Waals surface area contributed by atoms with Crippen LogP contribution in [0.5, 0.6) is 11.8 Å². The minimum absolute atomic E-state index is 0.0243. The van der Waals surface area contributed by atoms with Gasteiger partial charge in [-0.15, -0.1) is 6.42 Å². The lowest BCUT2D eigenvalue weighted by Crippen LogP contribution is -2.61. The third-order valence-electron chi connectivity index (χ3n) is 8.79. The Morgan fingerprint density at radius 3 is 2.78 bits per heavy atom. The molecule has 0 amide bonds. The van der Waals surface area contributed by atoms with Gasteiger partial charge in [0.15, 0.2) is 5.82 Å². The standard InChI is InChI=1S/C31H30F2N6O2/c1-3-22-25(32)9-6-17-11-21(40)12-23(26(17)22)28-27(33)29-24(14-35-28)30(39-15-18-7-8-19(39)13-34-18)37-31(36-29)41-16-20-5-4-10-38(20)2/h1,6,9,11-12,14,18-20,34,40H,4-5,7-8,10,13,15-16H2,2H3/t18?,19?,20-/m0/s1. The van der Waals surface area contributed by atoms with E-state index in [9.17, 15) is 9.50 Å². The van der Waals surface area contributed by atoms with E-state index in [4.69, 9.17) is 16.1 Å². The number of aromatic hydroxyl groups is 1. The quantitative estimate of drug-likeness (QED) is 0.354. The molecule has 4 aliphatic heterocycles. The first-order chi connectivity index (χ1) is 19.9. The average Bonchev–Trinajstić information content (AvgIpc) is 3.41. The van der Waals surface area contributed by atoms with Crippen LogP contribution in [0.3, 0.4) is 0 Å². The summed E-state index contributed by atoms with van der Waals surface area (Å²) in [6, 6.07) is 6.43. The van der Waals surface area contributed by atoms with E-state index in [1.807, 2.05) is 0 Å². The number of nitrogens with zero attached hydrogens (tertiary/aromatic N) is 5. The van der Waals surface area contributed by atoms with E-state index in [1.54, 1.807) is 6.20 Å². The Bertz CT molecular complexity index is 1720. The predicted octanol–water partition coefficient (Wildman–Crippen LogP) is 4.22. The predicted molar refractivity (Wildman–Crippen MR) is 153 cm³/mol. The maximum absolute atomic E-state index is 16.6. The molecule has 6 heterocycles. The number of ether oxygens (including phenoxy) is 1. The number of piperidine rings is 2. The Kier molecular flexibility index (Phi) is 6.36. The number of benzene rings is 2. The van der Waals surface area contributed by atoms with Gasteiger partial charge in [-0.25, -0.2) is 8.78 Å². The SMILES string of the molecule is C#Cc1c(F)ccc2cc(O)cc(-c3ncc4c(N5CC6CCC5CN6)nc(OC[C@@H]5CCCN5C)nc4c3F)c12. The van der Waals surface area contributed by atoms with Crippen molar-refractivity contribution in [2.75, 3.05) is 38.2 Å². The van der Waals surface area contributed by atoms with Crippen molar-refractivity contribution >= 4 is 27.5 Å². The van der Waals surface area contributed by atoms with Crippen LogP contribution in [0.4, 0.5) is 14.6 Å². The number of anilines is 1. The van der Waals surface area contributed by atoms with Gasteiger partial charge in [0.05, 0.1) is 10.9 Å². The molecule has 0 spiro atoms. The van der Waals surface area contributed by atoms with Crippen molar-refractivity contribution in [3.63, 3.8) is 0 Å². The number of nitrogens with one attached hydrogen (secondary N) is 1. The Balaban J connectivity index is 1.40. The number of rotatable bonds is 5. The van der Waals surface area contributed by atoms with Gasteiger partial charge in [-0.1, -0.05) is 12.0 Å². The van der Waals surface area contributed by atoms with E-state index in [0.717, 1.165) is 45.3 Å². The van der Waals surface area contributed by atoms with Crippen LogP contribution in [0.2, 0.25) is 0 Å². The van der Waals surface area contributed by atoms with Gasteiger partial charge in [0, 0.05) is 48.4 Å². The zero-order valence-corrected chi connectivity index (χ0v) is 22.7. The van der Waals surface area contributed by atoms with E-state index in [0.29, 0.717) is 34.6 Å². The highest BCUT2D eigenvalue weighted by Crippen LogP contribution is 2.39. The second-order valence-corrected chi connectivity index (χ2v) is 11.2. The van der Waals surface area contributed by atoms with Crippen molar-refractivity contribution < 1.29 is 18.6 Å². The molecule has 2 unspecified atom stereocenters. The van der Waals surface area contributed by atoms with Crippen LogP contribution in [0.1, 0.15) is 31.2 Å². The van der Waals surface area contributed by atoms with Crippen LogP contribution < -0.4 is 15.0 Å². The summed E-state index contributed by atoms with van der Waals surface area (Å²) in [5.41, 5.74) is 0.125. The second kappa shape index (κ2) is 10.1. The molecule has 0 saturated carbocycles. The van der Waals surface area contributed by atoms with Gasteiger partial charge < -0.3 is 25.0 Å². The number of hydrogen-bond acceptors (Lipinski definition) is 8. The van der Waals surface area contributed by atoms with Gasteiger partial charge in [-0.3, -0.25) is 4.98 Å².